The highest BCUT2D eigenvalue weighted by atomic mass is 35.5. The van der Waals surface area contributed by atoms with E-state index in [1.807, 2.05) is 0 Å². The topological polar surface area (TPSA) is 92.6 Å². The number of halogens is 1. The largest absolute Gasteiger partial charge is 0.316 e. The third-order valence-electron chi connectivity index (χ3n) is 4.18. The number of nitro groups is 1. The Morgan fingerprint density at radius 3 is 2.48 bits per heavy atom. The van der Waals surface area contributed by atoms with Crippen LogP contribution in [0.1, 0.15) is 24.0 Å². The maximum Gasteiger partial charge on any atom is 0.289 e. The normalized spacial score (nSPS) is 19.2. The molecule has 2 rings (SSSR count). The van der Waals surface area contributed by atoms with E-state index in [1.54, 1.807) is 20.9 Å². The summed E-state index contributed by atoms with van der Waals surface area (Å²) in [4.78, 5) is 10.4. The van der Waals surface area contributed by atoms with Crippen LogP contribution in [0.3, 0.4) is 0 Å². The van der Waals surface area contributed by atoms with Crippen molar-refractivity contribution in [2.75, 3.05) is 20.1 Å². The van der Waals surface area contributed by atoms with Crippen LogP contribution >= 0.6 is 12.4 Å². The Kier molecular flexibility index (Phi) is 6.52. The maximum atomic E-state index is 12.8. The molecule has 7 nitrogen and oxygen atoms in total. The second kappa shape index (κ2) is 7.57. The van der Waals surface area contributed by atoms with E-state index in [-0.39, 0.29) is 29.0 Å². The first-order valence-electron chi connectivity index (χ1n) is 7.20. The van der Waals surface area contributed by atoms with Crippen molar-refractivity contribution in [2.24, 2.45) is 0 Å². The molecule has 0 radical (unpaired) electrons. The highest BCUT2D eigenvalue weighted by Crippen LogP contribution is 2.31. The number of likely N-dealkylation sites (N-methyl/N-ethyl adjacent to an activating group) is 1. The number of nitrogens with one attached hydrogen (secondary N) is 1. The summed E-state index contributed by atoms with van der Waals surface area (Å²) in [5, 5.41) is 14.3. The van der Waals surface area contributed by atoms with Gasteiger partial charge in [-0.3, -0.25) is 10.1 Å². The van der Waals surface area contributed by atoms with Gasteiger partial charge in [-0.05, 0) is 50.9 Å². The molecule has 1 aliphatic rings. The lowest BCUT2D eigenvalue weighted by Crippen LogP contribution is -2.46. The SMILES string of the molecule is CNC1CCCN(S(=O)(=O)c2cc(C)c(C)cc2[N+](=O)[O-])C1.Cl. The summed E-state index contributed by atoms with van der Waals surface area (Å²) >= 11 is 0. The fourth-order valence-corrected chi connectivity index (χ4v) is 4.41. The van der Waals surface area contributed by atoms with Crippen molar-refractivity contribution >= 4 is 28.1 Å². The number of sulfonamides is 1. The Labute approximate surface area is 142 Å². The van der Waals surface area contributed by atoms with E-state index < -0.39 is 14.9 Å². The summed E-state index contributed by atoms with van der Waals surface area (Å²) in [5.41, 5.74) is 1.08. The summed E-state index contributed by atoms with van der Waals surface area (Å²) in [6, 6.07) is 2.82. The van der Waals surface area contributed by atoms with Gasteiger partial charge in [-0.2, -0.15) is 4.31 Å². The van der Waals surface area contributed by atoms with Crippen molar-refractivity contribution < 1.29 is 13.3 Å². The third kappa shape index (κ3) is 4.00. The second-order valence-electron chi connectivity index (χ2n) is 5.65. The number of benzene rings is 1. The smallest absolute Gasteiger partial charge is 0.289 e. The molecule has 0 saturated carbocycles. The molecule has 1 aromatic rings. The van der Waals surface area contributed by atoms with Gasteiger partial charge in [0.05, 0.1) is 4.92 Å². The first-order chi connectivity index (χ1) is 10.3. The molecule has 1 unspecified atom stereocenters. The zero-order valence-corrected chi connectivity index (χ0v) is 15.0. The van der Waals surface area contributed by atoms with Crippen LogP contribution in [0, 0.1) is 24.0 Å². The van der Waals surface area contributed by atoms with Gasteiger partial charge in [-0.25, -0.2) is 8.42 Å². The Hall–Kier alpha value is -1.22. The molecule has 0 bridgehead atoms. The quantitative estimate of drug-likeness (QED) is 0.652. The Morgan fingerprint density at radius 1 is 1.30 bits per heavy atom. The van der Waals surface area contributed by atoms with Gasteiger partial charge in [0.2, 0.25) is 10.0 Å². The maximum absolute atomic E-state index is 12.8. The Bertz CT molecular complexity index is 694. The van der Waals surface area contributed by atoms with Crippen molar-refractivity contribution in [1.82, 2.24) is 9.62 Å². The second-order valence-corrected chi connectivity index (χ2v) is 7.56. The first-order valence-corrected chi connectivity index (χ1v) is 8.64. The minimum absolute atomic E-state index is 0. The minimum Gasteiger partial charge on any atom is -0.316 e. The van der Waals surface area contributed by atoms with E-state index in [1.165, 1.54) is 16.4 Å². The number of hydrogen-bond acceptors (Lipinski definition) is 5. The number of piperidine rings is 1. The lowest BCUT2D eigenvalue weighted by molar-refractivity contribution is -0.387. The van der Waals surface area contributed by atoms with Gasteiger partial charge in [0, 0.05) is 25.2 Å². The molecule has 1 heterocycles. The van der Waals surface area contributed by atoms with Crippen LogP contribution in [0.5, 0.6) is 0 Å². The molecule has 1 saturated heterocycles. The molecule has 1 aromatic carbocycles. The van der Waals surface area contributed by atoms with Gasteiger partial charge in [-0.1, -0.05) is 0 Å². The molecule has 0 spiro atoms. The molecule has 130 valence electrons. The fraction of sp³-hybridized carbons (Fsp3) is 0.571. The van der Waals surface area contributed by atoms with Crippen LogP contribution in [-0.4, -0.2) is 43.8 Å². The van der Waals surface area contributed by atoms with Crippen molar-refractivity contribution in [3.8, 4) is 0 Å². The Balaban J connectivity index is 0.00000264. The molecule has 0 aromatic heterocycles. The number of rotatable bonds is 4. The zero-order chi connectivity index (χ0) is 16.5. The average Bonchev–Trinajstić information content (AvgIpc) is 2.49. The molecule has 1 aliphatic heterocycles. The summed E-state index contributed by atoms with van der Waals surface area (Å²) in [6.45, 7) is 4.22. The molecule has 23 heavy (non-hydrogen) atoms. The highest BCUT2D eigenvalue weighted by Gasteiger charge is 2.34. The van der Waals surface area contributed by atoms with E-state index in [0.717, 1.165) is 18.4 Å². The van der Waals surface area contributed by atoms with Gasteiger partial charge in [0.1, 0.15) is 0 Å². The van der Waals surface area contributed by atoms with Crippen LogP contribution in [0.4, 0.5) is 5.69 Å². The van der Waals surface area contributed by atoms with Crippen LogP contribution in [0.2, 0.25) is 0 Å². The Morgan fingerprint density at radius 2 is 1.91 bits per heavy atom. The van der Waals surface area contributed by atoms with E-state index in [2.05, 4.69) is 5.32 Å². The minimum atomic E-state index is -3.87. The van der Waals surface area contributed by atoms with Crippen molar-refractivity contribution in [3.63, 3.8) is 0 Å². The van der Waals surface area contributed by atoms with Gasteiger partial charge < -0.3 is 5.32 Å². The summed E-state index contributed by atoms with van der Waals surface area (Å²) in [7, 11) is -2.08. The standard InChI is InChI=1S/C14H21N3O4S.ClH/c1-10-7-13(17(18)19)14(8-11(10)2)22(20,21)16-6-4-5-12(9-16)15-3;/h7-8,12,15H,4-6,9H2,1-3H3;1H. The van der Waals surface area contributed by atoms with Crippen molar-refractivity contribution in [2.45, 2.75) is 37.6 Å². The fourth-order valence-electron chi connectivity index (χ4n) is 2.66. The van der Waals surface area contributed by atoms with Gasteiger partial charge >= 0.3 is 0 Å². The summed E-state index contributed by atoms with van der Waals surface area (Å²) in [6.07, 6.45) is 1.64. The third-order valence-corrected chi connectivity index (χ3v) is 6.08. The zero-order valence-electron chi connectivity index (χ0n) is 13.4. The van der Waals surface area contributed by atoms with Crippen LogP contribution in [-0.2, 0) is 10.0 Å². The summed E-state index contributed by atoms with van der Waals surface area (Å²) < 4.78 is 27.0. The van der Waals surface area contributed by atoms with E-state index >= 15 is 0 Å². The van der Waals surface area contributed by atoms with E-state index in [9.17, 15) is 18.5 Å². The molecular formula is C14H22ClN3O4S. The molecule has 0 aliphatic carbocycles. The van der Waals surface area contributed by atoms with Crippen LogP contribution in [0.25, 0.3) is 0 Å². The molecular weight excluding hydrogens is 342 g/mol. The van der Waals surface area contributed by atoms with Gasteiger partial charge in [-0.15, -0.1) is 12.4 Å². The monoisotopic (exact) mass is 363 g/mol. The van der Waals surface area contributed by atoms with E-state index in [4.69, 9.17) is 0 Å². The molecule has 1 fully saturated rings. The highest BCUT2D eigenvalue weighted by molar-refractivity contribution is 7.89. The molecule has 0 amide bonds. The van der Waals surface area contributed by atoms with Gasteiger partial charge in [0.15, 0.2) is 4.90 Å². The van der Waals surface area contributed by atoms with Gasteiger partial charge in [0.25, 0.3) is 5.69 Å². The predicted molar refractivity (Wildman–Crippen MR) is 90.7 cm³/mol. The first kappa shape index (κ1) is 19.8. The predicted octanol–water partition coefficient (Wildman–Crippen LogP) is 2.01. The van der Waals surface area contributed by atoms with E-state index in [0.29, 0.717) is 18.7 Å². The molecule has 9 heteroatoms. The average molecular weight is 364 g/mol. The number of nitrogens with zero attached hydrogens (tertiary/aromatic N) is 2. The molecule has 1 atom stereocenters. The van der Waals surface area contributed by atoms with Crippen LogP contribution in [0.15, 0.2) is 17.0 Å². The van der Waals surface area contributed by atoms with Crippen molar-refractivity contribution in [3.05, 3.63) is 33.4 Å². The lowest BCUT2D eigenvalue weighted by atomic mass is 10.1. The summed E-state index contributed by atoms with van der Waals surface area (Å²) in [5.74, 6) is 0. The number of hydrogen-bond donors (Lipinski definition) is 1. The lowest BCUT2D eigenvalue weighted by Gasteiger charge is -2.31. The number of aryl methyl sites for hydroxylation is 2. The number of nitro benzene ring substituents is 1. The van der Waals surface area contributed by atoms with Crippen LogP contribution < -0.4 is 5.32 Å². The van der Waals surface area contributed by atoms with Crippen molar-refractivity contribution in [1.29, 1.82) is 0 Å². The molecule has 1 N–H and O–H groups in total.